The van der Waals surface area contributed by atoms with Crippen LogP contribution in [0.15, 0.2) is 60.9 Å². The average Bonchev–Trinajstić information content (AvgIpc) is 3.68. The van der Waals surface area contributed by atoms with Gasteiger partial charge in [0.1, 0.15) is 34.0 Å². The van der Waals surface area contributed by atoms with Gasteiger partial charge in [-0.05, 0) is 42.8 Å². The van der Waals surface area contributed by atoms with Crippen LogP contribution in [0.4, 0.5) is 0 Å². The van der Waals surface area contributed by atoms with Gasteiger partial charge in [-0.15, -0.1) is 10.2 Å². The van der Waals surface area contributed by atoms with Crippen LogP contribution in [0.25, 0.3) is 34.2 Å². The SMILES string of the molecule is CCCCCC(=O)c1cc(-c2cn(-c3ccc(C(=O)O)c(O)c3)nn2)nc(-c2cn(-c3ccc(C(=O)O)c(O)c3)nn2)c1. The maximum absolute atomic E-state index is 13.1. The van der Waals surface area contributed by atoms with Crippen molar-refractivity contribution in [3.63, 3.8) is 0 Å². The first-order valence-corrected chi connectivity index (χ1v) is 13.2. The third-order valence-electron chi connectivity index (χ3n) is 6.62. The van der Waals surface area contributed by atoms with Gasteiger partial charge in [-0.1, -0.05) is 30.2 Å². The predicted molar refractivity (Wildman–Crippen MR) is 151 cm³/mol. The smallest absolute Gasteiger partial charge is 0.339 e. The van der Waals surface area contributed by atoms with Gasteiger partial charge in [0.05, 0.1) is 35.2 Å². The minimum absolute atomic E-state index is 0.0958. The number of benzene rings is 2. The van der Waals surface area contributed by atoms with Crippen molar-refractivity contribution < 1.29 is 34.8 Å². The van der Waals surface area contributed by atoms with E-state index in [0.29, 0.717) is 46.1 Å². The molecule has 5 rings (SSSR count). The molecule has 0 aliphatic carbocycles. The number of aromatic nitrogens is 7. The molecule has 3 heterocycles. The second kappa shape index (κ2) is 11.9. The number of carbonyl (C=O) groups excluding carboxylic acids is 1. The Hall–Kier alpha value is -5.92. The molecule has 0 fully saturated rings. The summed E-state index contributed by atoms with van der Waals surface area (Å²) in [5.74, 6) is -3.51. The monoisotopic (exact) mass is 583 g/mol. The van der Waals surface area contributed by atoms with Gasteiger partial charge in [0, 0.05) is 24.1 Å². The summed E-state index contributed by atoms with van der Waals surface area (Å²) in [6.45, 7) is 2.05. The summed E-state index contributed by atoms with van der Waals surface area (Å²) in [7, 11) is 0. The third kappa shape index (κ3) is 6.07. The Bertz CT molecular complexity index is 1740. The Balaban J connectivity index is 1.52. The van der Waals surface area contributed by atoms with Crippen LogP contribution in [-0.4, -0.2) is 73.1 Å². The zero-order chi connectivity index (χ0) is 30.7. The van der Waals surface area contributed by atoms with E-state index in [0.717, 1.165) is 19.3 Å². The second-order valence-corrected chi connectivity index (χ2v) is 9.62. The molecule has 4 N–H and O–H groups in total. The van der Waals surface area contributed by atoms with E-state index in [1.54, 1.807) is 12.1 Å². The van der Waals surface area contributed by atoms with Crippen LogP contribution < -0.4 is 0 Å². The van der Waals surface area contributed by atoms with Gasteiger partial charge in [0.25, 0.3) is 0 Å². The summed E-state index contributed by atoms with van der Waals surface area (Å²) in [5, 5.41) is 55.0. The topological polar surface area (TPSA) is 206 Å². The van der Waals surface area contributed by atoms with E-state index >= 15 is 0 Å². The number of aromatic carboxylic acids is 2. The molecular weight excluding hydrogens is 558 g/mol. The number of Topliss-reactive ketones (excluding diaryl/α,β-unsaturated/α-hetero) is 1. The number of hydrogen-bond acceptors (Lipinski definition) is 10. The lowest BCUT2D eigenvalue weighted by Gasteiger charge is -2.06. The summed E-state index contributed by atoms with van der Waals surface area (Å²) >= 11 is 0. The van der Waals surface area contributed by atoms with Crippen molar-refractivity contribution in [1.29, 1.82) is 0 Å². The molecule has 0 atom stereocenters. The zero-order valence-corrected chi connectivity index (χ0v) is 22.7. The van der Waals surface area contributed by atoms with Crippen LogP contribution in [0.5, 0.6) is 11.5 Å². The van der Waals surface area contributed by atoms with Crippen LogP contribution in [-0.2, 0) is 0 Å². The Kier molecular flexibility index (Phi) is 7.92. The fourth-order valence-electron chi connectivity index (χ4n) is 4.34. The molecule has 0 saturated heterocycles. The quantitative estimate of drug-likeness (QED) is 0.128. The fourth-order valence-corrected chi connectivity index (χ4v) is 4.34. The number of rotatable bonds is 11. The van der Waals surface area contributed by atoms with E-state index in [1.165, 1.54) is 58.2 Å². The number of carboxylic acid groups (broad SMARTS) is 2. The van der Waals surface area contributed by atoms with Gasteiger partial charge < -0.3 is 20.4 Å². The van der Waals surface area contributed by atoms with Gasteiger partial charge in [0.2, 0.25) is 0 Å². The number of ketones is 1. The molecule has 0 bridgehead atoms. The average molecular weight is 584 g/mol. The molecule has 14 nitrogen and oxygen atoms in total. The molecule has 0 saturated carbocycles. The minimum atomic E-state index is -1.27. The molecule has 0 aliphatic heterocycles. The Morgan fingerprint density at radius 1 is 0.698 bits per heavy atom. The molecule has 0 aliphatic rings. The van der Waals surface area contributed by atoms with Crippen LogP contribution in [0.2, 0.25) is 0 Å². The van der Waals surface area contributed by atoms with Gasteiger partial charge >= 0.3 is 11.9 Å². The minimum Gasteiger partial charge on any atom is -0.507 e. The molecule has 0 unspecified atom stereocenters. The zero-order valence-electron chi connectivity index (χ0n) is 22.7. The summed E-state index contributed by atoms with van der Waals surface area (Å²) in [6.07, 6.45) is 5.96. The number of unbranched alkanes of at least 4 members (excludes halogenated alkanes) is 2. The molecule has 3 aromatic heterocycles. The number of phenols is 2. The van der Waals surface area contributed by atoms with E-state index in [2.05, 4.69) is 25.6 Å². The van der Waals surface area contributed by atoms with Crippen LogP contribution >= 0.6 is 0 Å². The van der Waals surface area contributed by atoms with E-state index in [1.807, 2.05) is 6.92 Å². The van der Waals surface area contributed by atoms with Crippen LogP contribution in [0.1, 0.15) is 63.7 Å². The van der Waals surface area contributed by atoms with Crippen molar-refractivity contribution in [2.45, 2.75) is 32.6 Å². The van der Waals surface area contributed by atoms with Gasteiger partial charge in [-0.25, -0.2) is 23.9 Å². The van der Waals surface area contributed by atoms with Gasteiger partial charge in [-0.3, -0.25) is 4.79 Å². The Morgan fingerprint density at radius 2 is 1.19 bits per heavy atom. The van der Waals surface area contributed by atoms with Crippen molar-refractivity contribution >= 4 is 17.7 Å². The maximum atomic E-state index is 13.1. The van der Waals surface area contributed by atoms with Crippen LogP contribution in [0.3, 0.4) is 0 Å². The van der Waals surface area contributed by atoms with Gasteiger partial charge in [0.15, 0.2) is 5.78 Å². The first-order valence-electron chi connectivity index (χ1n) is 13.2. The number of carboxylic acids is 2. The largest absolute Gasteiger partial charge is 0.507 e. The molecule has 2 aromatic carbocycles. The molecule has 218 valence electrons. The van der Waals surface area contributed by atoms with Crippen molar-refractivity contribution in [3.8, 4) is 45.6 Å². The lowest BCUT2D eigenvalue weighted by Crippen LogP contribution is -2.02. The number of aromatic hydroxyl groups is 2. The number of hydrogen-bond donors (Lipinski definition) is 4. The fraction of sp³-hybridized carbons (Fsp3) is 0.172. The van der Waals surface area contributed by atoms with E-state index < -0.39 is 23.4 Å². The first kappa shape index (κ1) is 28.6. The first-order chi connectivity index (χ1) is 20.6. The lowest BCUT2D eigenvalue weighted by atomic mass is 10.0. The highest BCUT2D eigenvalue weighted by atomic mass is 16.4. The lowest BCUT2D eigenvalue weighted by molar-refractivity contribution is 0.0682. The normalized spacial score (nSPS) is 11.0. The van der Waals surface area contributed by atoms with E-state index in [9.17, 15) is 34.8 Å². The summed E-state index contributed by atoms with van der Waals surface area (Å²) in [4.78, 5) is 40.2. The van der Waals surface area contributed by atoms with Gasteiger partial charge in [-0.2, -0.15) is 0 Å². The summed E-state index contributed by atoms with van der Waals surface area (Å²) in [5.41, 5.74) is 1.80. The highest BCUT2D eigenvalue weighted by Gasteiger charge is 2.18. The molecule has 43 heavy (non-hydrogen) atoms. The number of pyridine rings is 1. The number of carbonyl (C=O) groups is 3. The molecule has 0 radical (unpaired) electrons. The standard InChI is InChI=1S/C29H25N7O7/c1-2-3-4-5-25(37)16-10-21(23-14-35(33-31-23)17-6-8-19(28(40)41)26(38)12-17)30-22(11-16)24-15-36(34-32-24)18-7-9-20(29(42)43)27(39)13-18/h6-15,38-39H,2-5H2,1H3,(H,40,41)(H,42,43). The summed E-state index contributed by atoms with van der Waals surface area (Å²) in [6, 6.07) is 11.1. The second-order valence-electron chi connectivity index (χ2n) is 9.62. The Labute approximate surface area is 243 Å². The van der Waals surface area contributed by atoms with Crippen molar-refractivity contribution in [3.05, 3.63) is 77.6 Å². The maximum Gasteiger partial charge on any atom is 0.339 e. The highest BCUT2D eigenvalue weighted by molar-refractivity contribution is 5.98. The van der Waals surface area contributed by atoms with Crippen molar-refractivity contribution in [2.24, 2.45) is 0 Å². The highest BCUT2D eigenvalue weighted by Crippen LogP contribution is 2.27. The third-order valence-corrected chi connectivity index (χ3v) is 6.62. The van der Waals surface area contributed by atoms with E-state index in [-0.39, 0.29) is 16.9 Å². The van der Waals surface area contributed by atoms with E-state index in [4.69, 9.17) is 0 Å². The van der Waals surface area contributed by atoms with Crippen molar-refractivity contribution in [1.82, 2.24) is 35.0 Å². The van der Waals surface area contributed by atoms with Crippen LogP contribution in [0, 0.1) is 0 Å². The molecule has 0 amide bonds. The molecule has 0 spiro atoms. The molecule has 5 aromatic rings. The number of nitrogens with zero attached hydrogens (tertiary/aromatic N) is 7. The molecular formula is C29H25N7O7. The predicted octanol–water partition coefficient (Wildman–Crippen LogP) is 4.15. The molecule has 14 heteroatoms. The summed E-state index contributed by atoms with van der Waals surface area (Å²) < 4.78 is 2.67. The van der Waals surface area contributed by atoms with Crippen molar-refractivity contribution in [2.75, 3.05) is 0 Å². The Morgan fingerprint density at radius 3 is 1.60 bits per heavy atom.